The van der Waals surface area contributed by atoms with Gasteiger partial charge in [0, 0.05) is 21.8 Å². The lowest BCUT2D eigenvalue weighted by Crippen LogP contribution is -1.99. The van der Waals surface area contributed by atoms with Gasteiger partial charge in [0.05, 0.1) is 17.6 Å². The summed E-state index contributed by atoms with van der Waals surface area (Å²) in [7, 11) is 0. The van der Waals surface area contributed by atoms with Crippen LogP contribution in [0.25, 0.3) is 11.0 Å². The maximum Gasteiger partial charge on any atom is 0.230 e. The summed E-state index contributed by atoms with van der Waals surface area (Å²) >= 11 is 12.2. The Morgan fingerprint density at radius 2 is 1.62 bits per heavy atom. The molecule has 5 heteroatoms. The van der Waals surface area contributed by atoms with Crippen molar-refractivity contribution in [2.24, 2.45) is 4.99 Å². The second-order valence-corrected chi connectivity index (χ2v) is 6.74. The van der Waals surface area contributed by atoms with E-state index in [0.29, 0.717) is 17.5 Å². The minimum Gasteiger partial charge on any atom is -0.304 e. The Morgan fingerprint density at radius 3 is 2.42 bits per heavy atom. The van der Waals surface area contributed by atoms with Crippen LogP contribution >= 0.6 is 23.2 Å². The smallest absolute Gasteiger partial charge is 0.230 e. The van der Waals surface area contributed by atoms with Crippen molar-refractivity contribution in [3.63, 3.8) is 0 Å². The molecule has 0 bridgehead atoms. The number of fused-ring (bicyclic) bond motifs is 1. The van der Waals surface area contributed by atoms with Crippen LogP contribution in [-0.4, -0.2) is 15.8 Å². The van der Waals surface area contributed by atoms with Crippen molar-refractivity contribution < 1.29 is 0 Å². The highest BCUT2D eigenvalue weighted by atomic mass is 35.5. The van der Waals surface area contributed by atoms with E-state index in [4.69, 9.17) is 23.2 Å². The summed E-state index contributed by atoms with van der Waals surface area (Å²) in [5.74, 6) is 0.640. The van der Waals surface area contributed by atoms with E-state index in [0.717, 1.165) is 27.2 Å². The van der Waals surface area contributed by atoms with Crippen LogP contribution in [0.2, 0.25) is 10.0 Å². The maximum atomic E-state index is 6.22. The van der Waals surface area contributed by atoms with Crippen molar-refractivity contribution in [2.75, 3.05) is 0 Å². The molecule has 0 radical (unpaired) electrons. The van der Waals surface area contributed by atoms with Crippen LogP contribution in [0.5, 0.6) is 0 Å². The van der Waals surface area contributed by atoms with E-state index in [1.54, 1.807) is 6.21 Å². The minimum atomic E-state index is 0.640. The van der Waals surface area contributed by atoms with Crippen LogP contribution in [0.15, 0.2) is 77.8 Å². The Bertz CT molecular complexity index is 1080. The average Bonchev–Trinajstić information content (AvgIpc) is 3.00. The van der Waals surface area contributed by atoms with Crippen molar-refractivity contribution >= 4 is 46.4 Å². The van der Waals surface area contributed by atoms with Gasteiger partial charge in [-0.2, -0.15) is 0 Å². The lowest BCUT2D eigenvalue weighted by Gasteiger charge is -2.07. The number of imidazole rings is 1. The first-order valence-corrected chi connectivity index (χ1v) is 8.94. The summed E-state index contributed by atoms with van der Waals surface area (Å²) in [6, 6.07) is 23.4. The summed E-state index contributed by atoms with van der Waals surface area (Å²) in [5.41, 5.74) is 3.94. The highest BCUT2D eigenvalue weighted by molar-refractivity contribution is 6.33. The van der Waals surface area contributed by atoms with Crippen LogP contribution in [0.3, 0.4) is 0 Å². The van der Waals surface area contributed by atoms with Gasteiger partial charge in [-0.3, -0.25) is 0 Å². The summed E-state index contributed by atoms with van der Waals surface area (Å²) in [6.07, 6.45) is 1.75. The molecular weight excluding hydrogens is 365 g/mol. The standard InChI is InChI=1S/C21H15Cl2N3/c22-17-11-9-15(10-12-17)14-26-20-8-4-3-7-19(20)25-21(26)24-13-16-5-1-2-6-18(16)23/h1-13H,14H2. The molecule has 0 unspecified atom stereocenters. The average molecular weight is 380 g/mol. The Labute approximate surface area is 161 Å². The molecule has 4 aromatic rings. The molecule has 0 aliphatic heterocycles. The molecule has 0 saturated heterocycles. The zero-order valence-electron chi connectivity index (χ0n) is 13.8. The first-order chi connectivity index (χ1) is 12.7. The van der Waals surface area contributed by atoms with E-state index in [1.807, 2.05) is 72.8 Å². The molecule has 0 saturated carbocycles. The number of hydrogen-bond donors (Lipinski definition) is 0. The normalized spacial score (nSPS) is 11.5. The van der Waals surface area contributed by atoms with E-state index < -0.39 is 0 Å². The van der Waals surface area contributed by atoms with E-state index in [1.165, 1.54) is 0 Å². The number of para-hydroxylation sites is 2. The van der Waals surface area contributed by atoms with Gasteiger partial charge in [0.1, 0.15) is 0 Å². The fourth-order valence-electron chi connectivity index (χ4n) is 2.80. The van der Waals surface area contributed by atoms with Gasteiger partial charge < -0.3 is 4.57 Å². The topological polar surface area (TPSA) is 30.2 Å². The number of rotatable bonds is 4. The highest BCUT2D eigenvalue weighted by Crippen LogP contribution is 2.24. The van der Waals surface area contributed by atoms with Crippen LogP contribution < -0.4 is 0 Å². The molecule has 0 N–H and O–H groups in total. The first-order valence-electron chi connectivity index (χ1n) is 8.19. The van der Waals surface area contributed by atoms with Crippen LogP contribution in [0.1, 0.15) is 11.1 Å². The summed E-state index contributed by atoms with van der Waals surface area (Å²) in [4.78, 5) is 9.27. The molecule has 0 spiro atoms. The van der Waals surface area contributed by atoms with Gasteiger partial charge in [-0.15, -0.1) is 0 Å². The number of nitrogens with zero attached hydrogens (tertiary/aromatic N) is 3. The van der Waals surface area contributed by atoms with Gasteiger partial charge in [-0.25, -0.2) is 9.98 Å². The van der Waals surface area contributed by atoms with Gasteiger partial charge in [-0.1, -0.05) is 65.7 Å². The second kappa shape index (κ2) is 7.32. The highest BCUT2D eigenvalue weighted by Gasteiger charge is 2.10. The van der Waals surface area contributed by atoms with Crippen molar-refractivity contribution in [3.8, 4) is 0 Å². The molecule has 3 aromatic carbocycles. The molecule has 0 atom stereocenters. The molecule has 1 aromatic heterocycles. The van der Waals surface area contributed by atoms with Gasteiger partial charge in [0.25, 0.3) is 0 Å². The Hall–Kier alpha value is -2.62. The predicted molar refractivity (Wildman–Crippen MR) is 109 cm³/mol. The number of aliphatic imine (C=N–C) groups is 1. The fourth-order valence-corrected chi connectivity index (χ4v) is 3.11. The second-order valence-electron chi connectivity index (χ2n) is 5.89. The third-order valence-corrected chi connectivity index (χ3v) is 4.71. The van der Waals surface area contributed by atoms with Crippen LogP contribution in [0.4, 0.5) is 5.95 Å². The zero-order chi connectivity index (χ0) is 17.9. The Kier molecular flexibility index (Phi) is 4.74. The molecule has 4 rings (SSSR count). The van der Waals surface area contributed by atoms with Crippen molar-refractivity contribution in [1.29, 1.82) is 0 Å². The lowest BCUT2D eigenvalue weighted by atomic mass is 10.2. The third kappa shape index (κ3) is 3.50. The number of aromatic nitrogens is 2. The third-order valence-electron chi connectivity index (χ3n) is 4.11. The Morgan fingerprint density at radius 1 is 0.885 bits per heavy atom. The van der Waals surface area contributed by atoms with Crippen molar-refractivity contribution in [2.45, 2.75) is 6.54 Å². The monoisotopic (exact) mass is 379 g/mol. The molecule has 3 nitrogen and oxygen atoms in total. The van der Waals surface area contributed by atoms with E-state index >= 15 is 0 Å². The summed E-state index contributed by atoms with van der Waals surface area (Å²) in [5, 5.41) is 1.39. The van der Waals surface area contributed by atoms with Gasteiger partial charge >= 0.3 is 0 Å². The quantitative estimate of drug-likeness (QED) is 0.391. The summed E-state index contributed by atoms with van der Waals surface area (Å²) < 4.78 is 2.09. The molecule has 128 valence electrons. The lowest BCUT2D eigenvalue weighted by molar-refractivity contribution is 0.827. The van der Waals surface area contributed by atoms with Gasteiger partial charge in [-0.05, 0) is 35.9 Å². The molecule has 26 heavy (non-hydrogen) atoms. The van der Waals surface area contributed by atoms with Crippen LogP contribution in [-0.2, 0) is 6.54 Å². The summed E-state index contributed by atoms with van der Waals surface area (Å²) in [6.45, 7) is 0.660. The first kappa shape index (κ1) is 16.8. The van der Waals surface area contributed by atoms with E-state index in [2.05, 4.69) is 14.5 Å². The number of halogens is 2. The van der Waals surface area contributed by atoms with Crippen LogP contribution in [0, 0.1) is 0 Å². The molecule has 0 fully saturated rings. The maximum absolute atomic E-state index is 6.22. The SMILES string of the molecule is Clc1ccc(Cn2c(N=Cc3ccccc3Cl)nc3ccccc32)cc1. The van der Waals surface area contributed by atoms with Gasteiger partial charge in [0.2, 0.25) is 5.95 Å². The number of hydrogen-bond acceptors (Lipinski definition) is 2. The van der Waals surface area contributed by atoms with E-state index in [-0.39, 0.29) is 0 Å². The largest absolute Gasteiger partial charge is 0.304 e. The number of benzene rings is 3. The molecule has 0 aliphatic carbocycles. The molecule has 0 aliphatic rings. The molecule has 0 amide bonds. The zero-order valence-corrected chi connectivity index (χ0v) is 15.3. The molecular formula is C21H15Cl2N3. The van der Waals surface area contributed by atoms with E-state index in [9.17, 15) is 0 Å². The van der Waals surface area contributed by atoms with Gasteiger partial charge in [0.15, 0.2) is 0 Å². The Balaban J connectivity index is 1.76. The predicted octanol–water partition coefficient (Wildman–Crippen LogP) is 6.14. The molecule has 1 heterocycles. The fraction of sp³-hybridized carbons (Fsp3) is 0.0476. The minimum absolute atomic E-state index is 0.640. The van der Waals surface area contributed by atoms with Crippen molar-refractivity contribution in [1.82, 2.24) is 9.55 Å². The van der Waals surface area contributed by atoms with Crippen molar-refractivity contribution in [3.05, 3.63) is 94.0 Å².